The van der Waals surface area contributed by atoms with Crippen molar-refractivity contribution in [3.63, 3.8) is 0 Å². The summed E-state index contributed by atoms with van der Waals surface area (Å²) in [5.74, 6) is -1.18. The maximum atomic E-state index is 11.4. The molecule has 0 aliphatic carbocycles. The second kappa shape index (κ2) is 17.3. The standard InChI is InChI=1S/C17H18N2O3.C8H17NO2/c20-12-19-15-8-4-5-13(11-15)9-10-18-16(17(21)22)14-6-2-1-3-7-14;1-2-3-4-5-6-7-8(10)9-11/h1-8,11-12,16,18H,9-10H2,(H,19,20)(H,21,22);11H,2-7H2,1H3,(H,9,10). The minimum Gasteiger partial charge on any atom is -0.480 e. The van der Waals surface area contributed by atoms with Crippen molar-refractivity contribution < 1.29 is 24.7 Å². The predicted molar refractivity (Wildman–Crippen MR) is 128 cm³/mol. The Kier molecular flexibility index (Phi) is 14.6. The van der Waals surface area contributed by atoms with Crippen LogP contribution >= 0.6 is 0 Å². The zero-order chi connectivity index (χ0) is 24.3. The number of carboxylic acids is 1. The van der Waals surface area contributed by atoms with Gasteiger partial charge in [-0.15, -0.1) is 0 Å². The first-order valence-electron chi connectivity index (χ1n) is 11.2. The SMILES string of the molecule is CCCCCCCC(=O)NO.O=CNc1cccc(CCNC(C(=O)O)c2ccccc2)c1. The van der Waals surface area contributed by atoms with E-state index in [1.54, 1.807) is 23.7 Å². The third-order valence-corrected chi connectivity index (χ3v) is 4.93. The molecule has 5 N–H and O–H groups in total. The van der Waals surface area contributed by atoms with Gasteiger partial charge in [-0.1, -0.05) is 75.1 Å². The summed E-state index contributed by atoms with van der Waals surface area (Å²) in [6.07, 6.45) is 7.36. The van der Waals surface area contributed by atoms with E-state index in [0.717, 1.165) is 29.7 Å². The zero-order valence-electron chi connectivity index (χ0n) is 19.1. The molecule has 8 nitrogen and oxygen atoms in total. The quantitative estimate of drug-likeness (QED) is 0.126. The number of carbonyl (C=O) groups excluding carboxylic acids is 2. The number of rotatable bonds is 14. The molecule has 180 valence electrons. The highest BCUT2D eigenvalue weighted by Gasteiger charge is 2.18. The molecule has 2 aromatic rings. The van der Waals surface area contributed by atoms with Gasteiger partial charge in [-0.05, 0) is 36.1 Å². The first-order chi connectivity index (χ1) is 16.0. The Hall–Kier alpha value is -3.23. The molecule has 0 radical (unpaired) electrons. The molecule has 2 rings (SSSR count). The van der Waals surface area contributed by atoms with Crippen molar-refractivity contribution >= 4 is 24.0 Å². The number of anilines is 1. The topological polar surface area (TPSA) is 128 Å². The van der Waals surface area contributed by atoms with Crippen LogP contribution in [-0.2, 0) is 20.8 Å². The van der Waals surface area contributed by atoms with Gasteiger partial charge in [0.1, 0.15) is 6.04 Å². The molecule has 0 fully saturated rings. The molecule has 33 heavy (non-hydrogen) atoms. The lowest BCUT2D eigenvalue weighted by Crippen LogP contribution is -2.30. The Labute approximate surface area is 195 Å². The molecule has 2 amide bonds. The van der Waals surface area contributed by atoms with Crippen molar-refractivity contribution in [2.75, 3.05) is 11.9 Å². The molecular formula is C25H35N3O5. The van der Waals surface area contributed by atoms with Gasteiger partial charge in [0.2, 0.25) is 12.3 Å². The lowest BCUT2D eigenvalue weighted by atomic mass is 10.1. The zero-order valence-corrected chi connectivity index (χ0v) is 19.1. The van der Waals surface area contributed by atoms with E-state index in [0.29, 0.717) is 25.8 Å². The molecule has 0 aliphatic rings. The summed E-state index contributed by atoms with van der Waals surface area (Å²) >= 11 is 0. The summed E-state index contributed by atoms with van der Waals surface area (Å²) in [4.78, 5) is 32.3. The van der Waals surface area contributed by atoms with Gasteiger partial charge >= 0.3 is 5.97 Å². The number of aliphatic carboxylic acids is 1. The van der Waals surface area contributed by atoms with Gasteiger partial charge in [0.25, 0.3) is 0 Å². The van der Waals surface area contributed by atoms with E-state index in [1.807, 2.05) is 36.4 Å². The molecule has 0 aliphatic heterocycles. The number of carboxylic acid groups (broad SMARTS) is 1. The summed E-state index contributed by atoms with van der Waals surface area (Å²) in [6.45, 7) is 2.68. The van der Waals surface area contributed by atoms with E-state index in [9.17, 15) is 19.5 Å². The van der Waals surface area contributed by atoms with Crippen LogP contribution in [0.4, 0.5) is 5.69 Å². The number of benzene rings is 2. The smallest absolute Gasteiger partial charge is 0.325 e. The largest absolute Gasteiger partial charge is 0.480 e. The van der Waals surface area contributed by atoms with Gasteiger partial charge in [0, 0.05) is 18.7 Å². The molecule has 1 atom stereocenters. The van der Waals surface area contributed by atoms with Gasteiger partial charge in [0.15, 0.2) is 0 Å². The Morgan fingerprint density at radius 2 is 1.73 bits per heavy atom. The fourth-order valence-electron chi connectivity index (χ4n) is 3.18. The maximum absolute atomic E-state index is 11.4. The maximum Gasteiger partial charge on any atom is 0.325 e. The Morgan fingerprint density at radius 1 is 1.00 bits per heavy atom. The van der Waals surface area contributed by atoms with Gasteiger partial charge in [-0.25, -0.2) is 5.48 Å². The van der Waals surface area contributed by atoms with Crippen molar-refractivity contribution in [3.05, 3.63) is 65.7 Å². The lowest BCUT2D eigenvalue weighted by Gasteiger charge is -2.15. The number of amides is 2. The predicted octanol–water partition coefficient (Wildman–Crippen LogP) is 4.07. The normalized spacial score (nSPS) is 11.0. The van der Waals surface area contributed by atoms with Crippen LogP contribution in [0.3, 0.4) is 0 Å². The van der Waals surface area contributed by atoms with E-state index in [1.165, 1.54) is 19.3 Å². The first kappa shape index (κ1) is 27.8. The summed E-state index contributed by atoms with van der Waals surface area (Å²) in [6, 6.07) is 15.8. The van der Waals surface area contributed by atoms with E-state index in [4.69, 9.17) is 5.21 Å². The summed E-state index contributed by atoms with van der Waals surface area (Å²) in [5.41, 5.74) is 4.10. The average molecular weight is 458 g/mol. The second-order valence-electron chi connectivity index (χ2n) is 7.55. The first-order valence-corrected chi connectivity index (χ1v) is 11.2. The molecule has 0 heterocycles. The minimum absolute atomic E-state index is 0.276. The monoisotopic (exact) mass is 457 g/mol. The lowest BCUT2D eigenvalue weighted by molar-refractivity contribution is -0.139. The molecule has 0 spiro atoms. The van der Waals surface area contributed by atoms with Crippen LogP contribution in [0.2, 0.25) is 0 Å². The third kappa shape index (κ3) is 12.4. The number of hydrogen-bond acceptors (Lipinski definition) is 5. The van der Waals surface area contributed by atoms with Crippen LogP contribution in [0.1, 0.15) is 62.6 Å². The summed E-state index contributed by atoms with van der Waals surface area (Å²) in [5, 5.41) is 23.1. The molecule has 8 heteroatoms. The van der Waals surface area contributed by atoms with Crippen LogP contribution in [0.25, 0.3) is 0 Å². The second-order valence-corrected chi connectivity index (χ2v) is 7.55. The fourth-order valence-corrected chi connectivity index (χ4v) is 3.18. The number of nitrogens with one attached hydrogen (secondary N) is 3. The highest BCUT2D eigenvalue weighted by atomic mass is 16.5. The van der Waals surface area contributed by atoms with Crippen LogP contribution in [0.15, 0.2) is 54.6 Å². The van der Waals surface area contributed by atoms with Crippen molar-refractivity contribution in [1.82, 2.24) is 10.8 Å². The van der Waals surface area contributed by atoms with Crippen molar-refractivity contribution in [2.45, 2.75) is 57.9 Å². The van der Waals surface area contributed by atoms with E-state index in [2.05, 4.69) is 17.6 Å². The van der Waals surface area contributed by atoms with Gasteiger partial charge in [-0.3, -0.25) is 19.6 Å². The highest BCUT2D eigenvalue weighted by molar-refractivity contribution is 5.75. The van der Waals surface area contributed by atoms with Crippen molar-refractivity contribution in [3.8, 4) is 0 Å². The fraction of sp³-hybridized carbons (Fsp3) is 0.400. The number of hydroxylamine groups is 1. The summed E-state index contributed by atoms with van der Waals surface area (Å²) < 4.78 is 0. The molecule has 0 saturated heterocycles. The number of hydrogen-bond donors (Lipinski definition) is 5. The molecule has 0 bridgehead atoms. The molecular weight excluding hydrogens is 422 g/mol. The molecule has 1 unspecified atom stereocenters. The van der Waals surface area contributed by atoms with Crippen molar-refractivity contribution in [1.29, 1.82) is 0 Å². The summed E-state index contributed by atoms with van der Waals surface area (Å²) in [7, 11) is 0. The Bertz CT molecular complexity index is 830. The molecule has 0 aromatic heterocycles. The van der Waals surface area contributed by atoms with Crippen LogP contribution in [0.5, 0.6) is 0 Å². The average Bonchev–Trinajstić information content (AvgIpc) is 2.83. The third-order valence-electron chi connectivity index (χ3n) is 4.93. The molecule has 0 saturated carbocycles. The van der Waals surface area contributed by atoms with E-state index >= 15 is 0 Å². The highest BCUT2D eigenvalue weighted by Crippen LogP contribution is 2.14. The van der Waals surface area contributed by atoms with Crippen LogP contribution in [0, 0.1) is 0 Å². The number of unbranched alkanes of at least 4 members (excludes halogenated alkanes) is 4. The van der Waals surface area contributed by atoms with E-state index in [-0.39, 0.29) is 5.91 Å². The van der Waals surface area contributed by atoms with Gasteiger partial charge in [-0.2, -0.15) is 0 Å². The van der Waals surface area contributed by atoms with Gasteiger partial charge < -0.3 is 15.7 Å². The van der Waals surface area contributed by atoms with Gasteiger partial charge in [0.05, 0.1) is 0 Å². The van der Waals surface area contributed by atoms with E-state index < -0.39 is 12.0 Å². The molecule has 2 aromatic carbocycles. The number of carbonyl (C=O) groups is 3. The van der Waals surface area contributed by atoms with Crippen molar-refractivity contribution in [2.24, 2.45) is 0 Å². The van der Waals surface area contributed by atoms with Crippen LogP contribution < -0.4 is 16.1 Å². The minimum atomic E-state index is -0.900. The Balaban J connectivity index is 0.000000420. The Morgan fingerprint density at radius 3 is 2.36 bits per heavy atom. The van der Waals surface area contributed by atoms with Crippen LogP contribution in [-0.4, -0.2) is 35.1 Å².